The zero-order valence-electron chi connectivity index (χ0n) is 14.8. The number of benzene rings is 2. The third-order valence-electron chi connectivity index (χ3n) is 4.73. The van der Waals surface area contributed by atoms with Crippen LogP contribution in [0.15, 0.2) is 48.5 Å². The Morgan fingerprint density at radius 2 is 1.54 bits per heavy atom. The first-order valence-electron chi connectivity index (χ1n) is 8.65. The molecule has 8 heteroatoms. The van der Waals surface area contributed by atoms with E-state index in [0.717, 1.165) is 12.1 Å². The lowest BCUT2D eigenvalue weighted by atomic mass is 10.1. The molecule has 2 aromatic carbocycles. The fourth-order valence-electron chi connectivity index (χ4n) is 3.18. The highest BCUT2D eigenvalue weighted by Gasteiger charge is 2.31. The molecule has 0 radical (unpaired) electrons. The summed E-state index contributed by atoms with van der Waals surface area (Å²) in [6.07, 6.45) is -4.44. The maximum Gasteiger partial charge on any atom is 0.416 e. The van der Waals surface area contributed by atoms with Gasteiger partial charge in [0.25, 0.3) is 5.91 Å². The molecule has 3 rings (SSSR count). The zero-order chi connectivity index (χ0) is 20.3. The van der Waals surface area contributed by atoms with Gasteiger partial charge >= 0.3 is 6.18 Å². The van der Waals surface area contributed by atoms with Crippen LogP contribution in [0.5, 0.6) is 0 Å². The molecule has 1 aliphatic heterocycles. The molecule has 1 fully saturated rings. The van der Waals surface area contributed by atoms with Crippen LogP contribution >= 0.6 is 0 Å². The van der Waals surface area contributed by atoms with Crippen LogP contribution < -0.4 is 0 Å². The summed E-state index contributed by atoms with van der Waals surface area (Å²) in [5.74, 6) is -0.726. The van der Waals surface area contributed by atoms with E-state index in [1.807, 2.05) is 4.90 Å². The van der Waals surface area contributed by atoms with E-state index >= 15 is 0 Å². The number of carbonyl (C=O) groups excluding carboxylic acids is 1. The number of nitrogens with zero attached hydrogens (tertiary/aromatic N) is 3. The molecular formula is C20H17F4N3O. The Balaban J connectivity index is 1.63. The molecule has 1 atom stereocenters. The molecule has 0 saturated carbocycles. The Bertz CT molecular complexity index is 864. The number of rotatable bonds is 3. The molecule has 1 aliphatic rings. The maximum absolute atomic E-state index is 13.1. The Morgan fingerprint density at radius 3 is 2.04 bits per heavy atom. The normalized spacial score (nSPS) is 16.5. The standard InChI is InChI=1S/C20H17F4N3O/c21-17-7-3-14(4-8-17)18(13-25)26-9-11-27(12-10-26)19(28)15-1-5-16(6-2-15)20(22,23)24/h1-8,18H,9-12H2. The second-order valence-corrected chi connectivity index (χ2v) is 6.49. The molecule has 1 amide bonds. The number of piperazine rings is 1. The van der Waals surface area contributed by atoms with Crippen LogP contribution in [0.3, 0.4) is 0 Å². The van der Waals surface area contributed by atoms with Crippen molar-refractivity contribution >= 4 is 5.91 Å². The summed E-state index contributed by atoms with van der Waals surface area (Å²) >= 11 is 0. The molecule has 0 N–H and O–H groups in total. The van der Waals surface area contributed by atoms with Gasteiger partial charge in [-0.3, -0.25) is 9.69 Å². The zero-order valence-corrected chi connectivity index (χ0v) is 14.8. The molecule has 146 valence electrons. The Hall–Kier alpha value is -2.92. The average molecular weight is 391 g/mol. The molecule has 0 aromatic heterocycles. The van der Waals surface area contributed by atoms with Gasteiger partial charge in [-0.1, -0.05) is 12.1 Å². The van der Waals surface area contributed by atoms with Gasteiger partial charge in [0.2, 0.25) is 0 Å². The van der Waals surface area contributed by atoms with Crippen molar-refractivity contribution in [2.24, 2.45) is 0 Å². The fourth-order valence-corrected chi connectivity index (χ4v) is 3.18. The van der Waals surface area contributed by atoms with Gasteiger partial charge in [0, 0.05) is 31.7 Å². The number of amides is 1. The summed E-state index contributed by atoms with van der Waals surface area (Å²) in [5, 5.41) is 9.49. The van der Waals surface area contributed by atoms with Crippen LogP contribution in [0.25, 0.3) is 0 Å². The van der Waals surface area contributed by atoms with E-state index in [4.69, 9.17) is 0 Å². The van der Waals surface area contributed by atoms with Crippen molar-refractivity contribution in [1.82, 2.24) is 9.80 Å². The summed E-state index contributed by atoms with van der Waals surface area (Å²) in [5.41, 5.74) is 0.0632. The first-order chi connectivity index (χ1) is 13.3. The number of halogens is 4. The van der Waals surface area contributed by atoms with Crippen molar-refractivity contribution in [3.05, 3.63) is 71.0 Å². The third kappa shape index (κ3) is 4.31. The molecule has 4 nitrogen and oxygen atoms in total. The van der Waals surface area contributed by atoms with Crippen LogP contribution in [-0.4, -0.2) is 41.9 Å². The summed E-state index contributed by atoms with van der Waals surface area (Å²) in [6.45, 7) is 1.56. The number of alkyl halides is 3. The lowest BCUT2D eigenvalue weighted by Gasteiger charge is -2.37. The largest absolute Gasteiger partial charge is 0.416 e. The van der Waals surface area contributed by atoms with Crippen molar-refractivity contribution in [1.29, 1.82) is 5.26 Å². The predicted octanol–water partition coefficient (Wildman–Crippen LogP) is 3.87. The van der Waals surface area contributed by atoms with Crippen molar-refractivity contribution in [3.8, 4) is 6.07 Å². The summed E-state index contributed by atoms with van der Waals surface area (Å²) < 4.78 is 51.0. The average Bonchev–Trinajstić information content (AvgIpc) is 2.69. The number of carbonyl (C=O) groups is 1. The van der Waals surface area contributed by atoms with Gasteiger partial charge in [-0.2, -0.15) is 18.4 Å². The van der Waals surface area contributed by atoms with Gasteiger partial charge in [0.15, 0.2) is 0 Å². The smallest absolute Gasteiger partial charge is 0.336 e. The minimum atomic E-state index is -4.44. The molecular weight excluding hydrogens is 374 g/mol. The van der Waals surface area contributed by atoms with Gasteiger partial charge in [0.05, 0.1) is 11.6 Å². The second kappa shape index (κ2) is 7.98. The van der Waals surface area contributed by atoms with Crippen molar-refractivity contribution in [2.75, 3.05) is 26.2 Å². The van der Waals surface area contributed by atoms with Gasteiger partial charge < -0.3 is 4.90 Å². The molecule has 2 aromatic rings. The molecule has 28 heavy (non-hydrogen) atoms. The van der Waals surface area contributed by atoms with E-state index in [-0.39, 0.29) is 17.3 Å². The quantitative estimate of drug-likeness (QED) is 0.747. The van der Waals surface area contributed by atoms with Crippen LogP contribution in [0, 0.1) is 17.1 Å². The highest BCUT2D eigenvalue weighted by atomic mass is 19.4. The topological polar surface area (TPSA) is 47.3 Å². The molecule has 0 spiro atoms. The molecule has 1 saturated heterocycles. The first-order valence-corrected chi connectivity index (χ1v) is 8.65. The van der Waals surface area contributed by atoms with E-state index in [9.17, 15) is 27.6 Å². The summed E-state index contributed by atoms with van der Waals surface area (Å²) in [4.78, 5) is 16.0. The van der Waals surface area contributed by atoms with Gasteiger partial charge in [-0.15, -0.1) is 0 Å². The van der Waals surface area contributed by atoms with Crippen LogP contribution in [0.1, 0.15) is 27.5 Å². The maximum atomic E-state index is 13.1. The van der Waals surface area contributed by atoms with E-state index in [1.54, 1.807) is 17.0 Å². The molecule has 0 aliphatic carbocycles. The van der Waals surface area contributed by atoms with Gasteiger partial charge in [-0.05, 0) is 42.0 Å². The summed E-state index contributed by atoms with van der Waals surface area (Å²) in [6, 6.07) is 11.5. The molecule has 0 bridgehead atoms. The number of hydrogen-bond acceptors (Lipinski definition) is 3. The van der Waals surface area contributed by atoms with Gasteiger partial charge in [-0.25, -0.2) is 4.39 Å². The summed E-state index contributed by atoms with van der Waals surface area (Å²) in [7, 11) is 0. The van der Waals surface area contributed by atoms with E-state index in [1.165, 1.54) is 24.3 Å². The van der Waals surface area contributed by atoms with E-state index in [2.05, 4.69) is 6.07 Å². The lowest BCUT2D eigenvalue weighted by Crippen LogP contribution is -2.49. The second-order valence-electron chi connectivity index (χ2n) is 6.49. The Kier molecular flexibility index (Phi) is 5.66. The Morgan fingerprint density at radius 1 is 0.964 bits per heavy atom. The Labute approximate surface area is 159 Å². The van der Waals surface area contributed by atoms with Crippen molar-refractivity contribution in [3.63, 3.8) is 0 Å². The minimum Gasteiger partial charge on any atom is -0.336 e. The minimum absolute atomic E-state index is 0.191. The first kappa shape index (κ1) is 19.8. The van der Waals surface area contributed by atoms with Crippen LogP contribution in [0.2, 0.25) is 0 Å². The van der Waals surface area contributed by atoms with E-state index in [0.29, 0.717) is 31.7 Å². The van der Waals surface area contributed by atoms with Crippen LogP contribution in [-0.2, 0) is 6.18 Å². The molecule has 1 unspecified atom stereocenters. The highest BCUT2D eigenvalue weighted by Crippen LogP contribution is 2.29. The monoisotopic (exact) mass is 391 g/mol. The van der Waals surface area contributed by atoms with E-state index < -0.39 is 17.8 Å². The van der Waals surface area contributed by atoms with Crippen LogP contribution in [0.4, 0.5) is 17.6 Å². The highest BCUT2D eigenvalue weighted by molar-refractivity contribution is 5.94. The van der Waals surface area contributed by atoms with Crippen molar-refractivity contribution < 1.29 is 22.4 Å². The third-order valence-corrected chi connectivity index (χ3v) is 4.73. The molecule has 1 heterocycles. The van der Waals surface area contributed by atoms with Crippen molar-refractivity contribution in [2.45, 2.75) is 12.2 Å². The fraction of sp³-hybridized carbons (Fsp3) is 0.300. The number of nitriles is 1. The number of hydrogen-bond donors (Lipinski definition) is 0. The van der Waals surface area contributed by atoms with Gasteiger partial charge in [0.1, 0.15) is 11.9 Å². The SMILES string of the molecule is N#CC(c1ccc(F)cc1)N1CCN(C(=O)c2ccc(C(F)(F)F)cc2)CC1. The lowest BCUT2D eigenvalue weighted by molar-refractivity contribution is -0.137. The predicted molar refractivity (Wildman–Crippen MR) is 93.7 cm³/mol.